The summed E-state index contributed by atoms with van der Waals surface area (Å²) in [6.45, 7) is 2.35. The lowest BCUT2D eigenvalue weighted by Gasteiger charge is -2.18. The van der Waals surface area contributed by atoms with Crippen LogP contribution in [0.4, 0.5) is 5.69 Å². The van der Waals surface area contributed by atoms with Gasteiger partial charge in [0.2, 0.25) is 10.0 Å². The summed E-state index contributed by atoms with van der Waals surface area (Å²) in [4.78, 5) is 0.127. The smallest absolute Gasteiger partial charge is 0.242 e. The van der Waals surface area contributed by atoms with Crippen molar-refractivity contribution in [3.8, 4) is 0 Å². The van der Waals surface area contributed by atoms with Crippen molar-refractivity contribution < 1.29 is 13.5 Å². The maximum atomic E-state index is 12.3. The SMILES string of the molecule is Cc1ccc(S(=O)(=O)NCC2CCCC2CO)c(N)c1. The first-order valence-electron chi connectivity index (χ1n) is 6.90. The van der Waals surface area contributed by atoms with Crippen LogP contribution in [-0.4, -0.2) is 26.7 Å². The fourth-order valence-corrected chi connectivity index (χ4v) is 4.04. The van der Waals surface area contributed by atoms with Gasteiger partial charge in [0, 0.05) is 13.2 Å². The summed E-state index contributed by atoms with van der Waals surface area (Å²) in [5, 5.41) is 9.26. The number of aliphatic hydroxyl groups is 1. The molecular weight excluding hydrogens is 276 g/mol. The van der Waals surface area contributed by atoms with E-state index in [0.717, 1.165) is 24.8 Å². The zero-order valence-corrected chi connectivity index (χ0v) is 12.5. The summed E-state index contributed by atoms with van der Waals surface area (Å²) in [5.74, 6) is 0.412. The lowest BCUT2D eigenvalue weighted by molar-refractivity contribution is 0.195. The van der Waals surface area contributed by atoms with E-state index in [-0.39, 0.29) is 29.0 Å². The van der Waals surface area contributed by atoms with Gasteiger partial charge in [0.25, 0.3) is 0 Å². The van der Waals surface area contributed by atoms with Crippen molar-refractivity contribution in [3.63, 3.8) is 0 Å². The van der Waals surface area contributed by atoms with Crippen LogP contribution >= 0.6 is 0 Å². The molecule has 1 aromatic carbocycles. The molecule has 1 aliphatic rings. The second kappa shape index (κ2) is 6.11. The molecule has 0 heterocycles. The maximum Gasteiger partial charge on any atom is 0.242 e. The number of anilines is 1. The quantitative estimate of drug-likeness (QED) is 0.714. The number of aliphatic hydroxyl groups excluding tert-OH is 1. The minimum atomic E-state index is -3.58. The van der Waals surface area contributed by atoms with Gasteiger partial charge in [-0.3, -0.25) is 0 Å². The number of hydrogen-bond donors (Lipinski definition) is 3. The average molecular weight is 298 g/mol. The van der Waals surface area contributed by atoms with Crippen LogP contribution in [0.1, 0.15) is 24.8 Å². The Labute approximate surface area is 120 Å². The second-order valence-electron chi connectivity index (χ2n) is 5.53. The number of hydrogen-bond acceptors (Lipinski definition) is 4. The highest BCUT2D eigenvalue weighted by molar-refractivity contribution is 7.89. The molecule has 4 N–H and O–H groups in total. The zero-order valence-electron chi connectivity index (χ0n) is 11.7. The van der Waals surface area contributed by atoms with Crippen molar-refractivity contribution in [2.45, 2.75) is 31.1 Å². The van der Waals surface area contributed by atoms with Gasteiger partial charge in [0.15, 0.2) is 0 Å². The van der Waals surface area contributed by atoms with E-state index >= 15 is 0 Å². The van der Waals surface area contributed by atoms with Crippen LogP contribution in [0, 0.1) is 18.8 Å². The molecule has 2 atom stereocenters. The largest absolute Gasteiger partial charge is 0.398 e. The zero-order chi connectivity index (χ0) is 14.8. The fourth-order valence-electron chi connectivity index (χ4n) is 2.83. The maximum absolute atomic E-state index is 12.3. The van der Waals surface area contributed by atoms with Crippen molar-refractivity contribution in [2.24, 2.45) is 11.8 Å². The third-order valence-electron chi connectivity index (χ3n) is 4.04. The Balaban J connectivity index is 2.07. The summed E-state index contributed by atoms with van der Waals surface area (Å²) in [7, 11) is -3.58. The van der Waals surface area contributed by atoms with Crippen LogP contribution in [-0.2, 0) is 10.0 Å². The molecule has 0 spiro atoms. The highest BCUT2D eigenvalue weighted by atomic mass is 32.2. The van der Waals surface area contributed by atoms with Crippen LogP contribution < -0.4 is 10.5 Å². The van der Waals surface area contributed by atoms with Crippen molar-refractivity contribution in [2.75, 3.05) is 18.9 Å². The number of benzene rings is 1. The Morgan fingerprint density at radius 3 is 2.70 bits per heavy atom. The Morgan fingerprint density at radius 2 is 2.05 bits per heavy atom. The summed E-state index contributed by atoms with van der Waals surface area (Å²) >= 11 is 0. The molecular formula is C14H22N2O3S. The van der Waals surface area contributed by atoms with Crippen LogP contribution in [0.2, 0.25) is 0 Å². The van der Waals surface area contributed by atoms with E-state index in [2.05, 4.69) is 4.72 Å². The molecule has 112 valence electrons. The number of sulfonamides is 1. The summed E-state index contributed by atoms with van der Waals surface area (Å²) < 4.78 is 27.1. The molecule has 1 aromatic rings. The van der Waals surface area contributed by atoms with Gasteiger partial charge in [-0.05, 0) is 49.3 Å². The number of nitrogens with two attached hydrogens (primary N) is 1. The molecule has 0 aromatic heterocycles. The molecule has 20 heavy (non-hydrogen) atoms. The molecule has 5 nitrogen and oxygen atoms in total. The molecule has 1 saturated carbocycles. The van der Waals surface area contributed by atoms with Gasteiger partial charge in [-0.15, -0.1) is 0 Å². The van der Waals surface area contributed by atoms with Crippen molar-refractivity contribution >= 4 is 15.7 Å². The van der Waals surface area contributed by atoms with E-state index in [0.29, 0.717) is 6.54 Å². The molecule has 1 fully saturated rings. The van der Waals surface area contributed by atoms with Crippen LogP contribution in [0.25, 0.3) is 0 Å². The first-order chi connectivity index (χ1) is 9.44. The Bertz CT molecular complexity index is 572. The summed E-state index contributed by atoms with van der Waals surface area (Å²) in [5.41, 5.74) is 6.98. The molecule has 0 radical (unpaired) electrons. The normalized spacial score (nSPS) is 23.1. The molecule has 1 aliphatic carbocycles. The molecule has 0 aliphatic heterocycles. The number of nitrogen functional groups attached to an aromatic ring is 1. The van der Waals surface area contributed by atoms with Gasteiger partial charge in [0.1, 0.15) is 4.90 Å². The topological polar surface area (TPSA) is 92.4 Å². The van der Waals surface area contributed by atoms with Crippen LogP contribution in [0.5, 0.6) is 0 Å². The molecule has 0 amide bonds. The van der Waals surface area contributed by atoms with Gasteiger partial charge in [-0.1, -0.05) is 12.5 Å². The third kappa shape index (κ3) is 3.31. The van der Waals surface area contributed by atoms with Gasteiger partial charge < -0.3 is 10.8 Å². The van der Waals surface area contributed by atoms with Crippen molar-refractivity contribution in [1.82, 2.24) is 4.72 Å². The van der Waals surface area contributed by atoms with E-state index in [9.17, 15) is 13.5 Å². The monoisotopic (exact) mass is 298 g/mol. The van der Waals surface area contributed by atoms with Gasteiger partial charge >= 0.3 is 0 Å². The predicted molar refractivity (Wildman–Crippen MR) is 78.7 cm³/mol. The molecule has 2 unspecified atom stereocenters. The first-order valence-corrected chi connectivity index (χ1v) is 8.39. The van der Waals surface area contributed by atoms with E-state index in [1.165, 1.54) is 6.07 Å². The average Bonchev–Trinajstić information content (AvgIpc) is 2.83. The Kier molecular flexibility index (Phi) is 4.67. The fraction of sp³-hybridized carbons (Fsp3) is 0.571. The van der Waals surface area contributed by atoms with Gasteiger partial charge in [-0.25, -0.2) is 13.1 Å². The lowest BCUT2D eigenvalue weighted by atomic mass is 9.97. The standard InChI is InChI=1S/C14H22N2O3S/c1-10-5-6-14(13(15)7-10)20(18,19)16-8-11-3-2-4-12(11)9-17/h5-7,11-12,16-17H,2-4,8-9,15H2,1H3. The Morgan fingerprint density at radius 1 is 1.35 bits per heavy atom. The minimum Gasteiger partial charge on any atom is -0.398 e. The van der Waals surface area contributed by atoms with Crippen molar-refractivity contribution in [1.29, 1.82) is 0 Å². The molecule has 0 saturated heterocycles. The van der Waals surface area contributed by atoms with E-state index in [4.69, 9.17) is 5.73 Å². The molecule has 2 rings (SSSR count). The summed E-state index contributed by atoms with van der Waals surface area (Å²) in [6, 6.07) is 4.92. The first kappa shape index (κ1) is 15.3. The minimum absolute atomic E-state index is 0.124. The van der Waals surface area contributed by atoms with E-state index in [1.807, 2.05) is 6.92 Å². The number of nitrogens with one attached hydrogen (secondary N) is 1. The van der Waals surface area contributed by atoms with E-state index < -0.39 is 10.0 Å². The predicted octanol–water partition coefficient (Wildman–Crippen LogP) is 1.26. The molecule has 0 bridgehead atoms. The van der Waals surface area contributed by atoms with Gasteiger partial charge in [-0.2, -0.15) is 0 Å². The Hall–Kier alpha value is -1.11. The van der Waals surface area contributed by atoms with Crippen LogP contribution in [0.3, 0.4) is 0 Å². The second-order valence-corrected chi connectivity index (χ2v) is 7.26. The summed E-state index contributed by atoms with van der Waals surface area (Å²) in [6.07, 6.45) is 2.97. The number of aryl methyl sites for hydroxylation is 1. The van der Waals surface area contributed by atoms with Gasteiger partial charge in [0.05, 0.1) is 5.69 Å². The highest BCUT2D eigenvalue weighted by Crippen LogP contribution is 2.31. The number of rotatable bonds is 5. The van der Waals surface area contributed by atoms with Crippen molar-refractivity contribution in [3.05, 3.63) is 23.8 Å². The third-order valence-corrected chi connectivity index (χ3v) is 5.54. The van der Waals surface area contributed by atoms with Crippen LogP contribution in [0.15, 0.2) is 23.1 Å². The lowest BCUT2D eigenvalue weighted by Crippen LogP contribution is -2.32. The molecule has 6 heteroatoms. The van der Waals surface area contributed by atoms with E-state index in [1.54, 1.807) is 12.1 Å². The highest BCUT2D eigenvalue weighted by Gasteiger charge is 2.28.